The SMILES string of the molecule is O=C(CSc1ncc(-c2ccc(Cl)cc2)n1C1CCCC1)N1CCCc2ccccc21. The molecule has 5 rings (SSSR count). The Morgan fingerprint density at radius 1 is 1.06 bits per heavy atom. The standard InChI is InChI=1S/C25H26ClN3OS/c26-20-13-11-19(12-14-20)23-16-27-25(29(23)21-8-2-3-9-21)31-17-24(30)28-15-5-7-18-6-1-4-10-22(18)28/h1,4,6,10-14,16,21H,2-3,5,7-9,15,17H2. The van der Waals surface area contributed by atoms with Gasteiger partial charge in [0.2, 0.25) is 5.91 Å². The molecule has 0 unspecified atom stereocenters. The number of aryl methyl sites for hydroxylation is 1. The number of nitrogens with zero attached hydrogens (tertiary/aromatic N) is 3. The van der Waals surface area contributed by atoms with Gasteiger partial charge in [-0.15, -0.1) is 0 Å². The second-order valence-electron chi connectivity index (χ2n) is 8.31. The lowest BCUT2D eigenvalue weighted by molar-refractivity contribution is -0.116. The van der Waals surface area contributed by atoms with Crippen molar-refractivity contribution in [3.05, 3.63) is 65.3 Å². The number of carbonyl (C=O) groups is 1. The molecule has 2 aromatic carbocycles. The van der Waals surface area contributed by atoms with E-state index < -0.39 is 0 Å². The zero-order valence-corrected chi connectivity index (χ0v) is 19.0. The van der Waals surface area contributed by atoms with Crippen LogP contribution in [-0.4, -0.2) is 27.8 Å². The average molecular weight is 452 g/mol. The highest BCUT2D eigenvalue weighted by molar-refractivity contribution is 7.99. The van der Waals surface area contributed by atoms with E-state index >= 15 is 0 Å². The molecular formula is C25H26ClN3OS. The maximum atomic E-state index is 13.1. The molecule has 0 saturated heterocycles. The van der Waals surface area contributed by atoms with E-state index in [1.54, 1.807) is 11.8 Å². The summed E-state index contributed by atoms with van der Waals surface area (Å²) in [4.78, 5) is 19.8. The number of hydrogen-bond acceptors (Lipinski definition) is 3. The summed E-state index contributed by atoms with van der Waals surface area (Å²) in [6.07, 6.45) is 8.84. The van der Waals surface area contributed by atoms with Crippen molar-refractivity contribution in [2.45, 2.75) is 49.7 Å². The van der Waals surface area contributed by atoms with Crippen LogP contribution in [0.15, 0.2) is 59.9 Å². The van der Waals surface area contributed by atoms with E-state index in [-0.39, 0.29) is 5.91 Å². The molecule has 0 spiro atoms. The number of carbonyl (C=O) groups excluding carboxylic acids is 1. The lowest BCUT2D eigenvalue weighted by atomic mass is 10.0. The minimum Gasteiger partial charge on any atom is -0.316 e. The molecule has 160 valence electrons. The van der Waals surface area contributed by atoms with Crippen LogP contribution in [-0.2, 0) is 11.2 Å². The molecular weight excluding hydrogens is 426 g/mol. The van der Waals surface area contributed by atoms with E-state index in [1.165, 1.54) is 18.4 Å². The summed E-state index contributed by atoms with van der Waals surface area (Å²) >= 11 is 7.66. The number of benzene rings is 2. The van der Waals surface area contributed by atoms with Crippen LogP contribution in [0.25, 0.3) is 11.3 Å². The number of halogens is 1. The van der Waals surface area contributed by atoms with Crippen LogP contribution in [0.1, 0.15) is 43.7 Å². The molecule has 31 heavy (non-hydrogen) atoms. The molecule has 4 nitrogen and oxygen atoms in total. The largest absolute Gasteiger partial charge is 0.316 e. The van der Waals surface area contributed by atoms with E-state index in [2.05, 4.69) is 34.9 Å². The van der Waals surface area contributed by atoms with Crippen molar-refractivity contribution >= 4 is 35.0 Å². The van der Waals surface area contributed by atoms with Gasteiger partial charge in [-0.05, 0) is 55.0 Å². The van der Waals surface area contributed by atoms with Crippen LogP contribution in [0.4, 0.5) is 5.69 Å². The third kappa shape index (κ3) is 4.26. The van der Waals surface area contributed by atoms with Crippen molar-refractivity contribution in [3.8, 4) is 11.3 Å². The smallest absolute Gasteiger partial charge is 0.237 e. The van der Waals surface area contributed by atoms with Gasteiger partial charge in [0.25, 0.3) is 0 Å². The zero-order valence-electron chi connectivity index (χ0n) is 17.5. The number of amides is 1. The molecule has 6 heteroatoms. The number of thioether (sulfide) groups is 1. The summed E-state index contributed by atoms with van der Waals surface area (Å²) in [6.45, 7) is 0.795. The van der Waals surface area contributed by atoms with Crippen LogP contribution in [0, 0.1) is 0 Å². The lowest BCUT2D eigenvalue weighted by Crippen LogP contribution is -2.36. The van der Waals surface area contributed by atoms with Crippen LogP contribution in [0.2, 0.25) is 5.02 Å². The van der Waals surface area contributed by atoms with Crippen LogP contribution in [0.5, 0.6) is 0 Å². The van der Waals surface area contributed by atoms with E-state index in [9.17, 15) is 4.79 Å². The molecule has 1 saturated carbocycles. The molecule has 1 aliphatic heterocycles. The third-order valence-electron chi connectivity index (χ3n) is 6.33. The summed E-state index contributed by atoms with van der Waals surface area (Å²) < 4.78 is 2.36. The summed E-state index contributed by atoms with van der Waals surface area (Å²) in [7, 11) is 0. The first kappa shape index (κ1) is 20.7. The van der Waals surface area contributed by atoms with E-state index in [1.807, 2.05) is 29.3 Å². The highest BCUT2D eigenvalue weighted by Gasteiger charge is 2.26. The molecule has 2 heterocycles. The van der Waals surface area contributed by atoms with Gasteiger partial charge in [0.05, 0.1) is 17.6 Å². The Bertz CT molecular complexity index is 1070. The lowest BCUT2D eigenvalue weighted by Gasteiger charge is -2.29. The van der Waals surface area contributed by atoms with Crippen molar-refractivity contribution in [1.29, 1.82) is 0 Å². The third-order valence-corrected chi connectivity index (χ3v) is 7.53. The molecule has 0 radical (unpaired) electrons. The number of anilines is 1. The van der Waals surface area contributed by atoms with Gasteiger partial charge in [0.15, 0.2) is 5.16 Å². The van der Waals surface area contributed by atoms with Gasteiger partial charge in [-0.25, -0.2) is 4.98 Å². The molecule has 3 aromatic rings. The highest BCUT2D eigenvalue weighted by atomic mass is 35.5. The molecule has 1 amide bonds. The van der Waals surface area contributed by atoms with E-state index in [4.69, 9.17) is 16.6 Å². The van der Waals surface area contributed by atoms with Crippen molar-refractivity contribution < 1.29 is 4.79 Å². The highest BCUT2D eigenvalue weighted by Crippen LogP contribution is 2.38. The van der Waals surface area contributed by atoms with Gasteiger partial charge in [-0.2, -0.15) is 0 Å². The fourth-order valence-electron chi connectivity index (χ4n) is 4.80. The summed E-state index contributed by atoms with van der Waals surface area (Å²) in [6, 6.07) is 16.7. The minimum absolute atomic E-state index is 0.158. The predicted octanol–water partition coefficient (Wildman–Crippen LogP) is 6.39. The average Bonchev–Trinajstić information content (AvgIpc) is 3.47. The van der Waals surface area contributed by atoms with Gasteiger partial charge >= 0.3 is 0 Å². The Labute approximate surface area is 192 Å². The molecule has 1 aromatic heterocycles. The summed E-state index contributed by atoms with van der Waals surface area (Å²) in [5.41, 5.74) is 4.57. The van der Waals surface area contributed by atoms with E-state index in [0.717, 1.165) is 59.4 Å². The number of para-hydroxylation sites is 1. The molecule has 0 atom stereocenters. The topological polar surface area (TPSA) is 38.1 Å². The Kier molecular flexibility index (Phi) is 6.06. The van der Waals surface area contributed by atoms with Gasteiger partial charge in [0, 0.05) is 23.3 Å². The van der Waals surface area contributed by atoms with Crippen LogP contribution < -0.4 is 4.90 Å². The fourth-order valence-corrected chi connectivity index (χ4v) is 5.85. The number of rotatable bonds is 5. The van der Waals surface area contributed by atoms with Crippen molar-refractivity contribution in [1.82, 2.24) is 9.55 Å². The molecule has 1 aliphatic carbocycles. The first-order valence-corrected chi connectivity index (χ1v) is 12.4. The van der Waals surface area contributed by atoms with Gasteiger partial charge < -0.3 is 9.47 Å². The summed E-state index contributed by atoms with van der Waals surface area (Å²) in [5.74, 6) is 0.559. The first-order valence-electron chi connectivity index (χ1n) is 11.0. The van der Waals surface area contributed by atoms with Crippen molar-refractivity contribution in [3.63, 3.8) is 0 Å². The molecule has 1 fully saturated rings. The molecule has 0 bridgehead atoms. The molecule has 0 N–H and O–H groups in total. The first-order chi connectivity index (χ1) is 15.2. The number of fused-ring (bicyclic) bond motifs is 1. The zero-order chi connectivity index (χ0) is 21.2. The summed E-state index contributed by atoms with van der Waals surface area (Å²) in [5, 5.41) is 1.67. The molecule has 2 aliphatic rings. The fraction of sp³-hybridized carbons (Fsp3) is 0.360. The quantitative estimate of drug-likeness (QED) is 0.422. The van der Waals surface area contributed by atoms with Gasteiger partial charge in [-0.3, -0.25) is 4.79 Å². The second-order valence-corrected chi connectivity index (χ2v) is 9.69. The van der Waals surface area contributed by atoms with Crippen molar-refractivity contribution in [2.75, 3.05) is 17.2 Å². The van der Waals surface area contributed by atoms with Gasteiger partial charge in [-0.1, -0.05) is 66.5 Å². The van der Waals surface area contributed by atoms with Gasteiger partial charge in [0.1, 0.15) is 0 Å². The Morgan fingerprint density at radius 3 is 2.65 bits per heavy atom. The predicted molar refractivity (Wildman–Crippen MR) is 128 cm³/mol. The Balaban J connectivity index is 1.38. The minimum atomic E-state index is 0.158. The maximum Gasteiger partial charge on any atom is 0.237 e. The Hall–Kier alpha value is -2.24. The number of imidazole rings is 1. The number of hydrogen-bond donors (Lipinski definition) is 0. The van der Waals surface area contributed by atoms with Crippen LogP contribution >= 0.6 is 23.4 Å². The number of aromatic nitrogens is 2. The van der Waals surface area contributed by atoms with Crippen molar-refractivity contribution in [2.24, 2.45) is 0 Å². The monoisotopic (exact) mass is 451 g/mol. The van der Waals surface area contributed by atoms with E-state index in [0.29, 0.717) is 11.8 Å². The maximum absolute atomic E-state index is 13.1. The Morgan fingerprint density at radius 2 is 1.84 bits per heavy atom. The normalized spacial score (nSPS) is 16.5. The second kappa shape index (κ2) is 9.09. The van der Waals surface area contributed by atoms with Crippen LogP contribution in [0.3, 0.4) is 0 Å².